The summed E-state index contributed by atoms with van der Waals surface area (Å²) in [6.07, 6.45) is 2.19. The van der Waals surface area contributed by atoms with E-state index in [9.17, 15) is 0 Å². The first-order valence-corrected chi connectivity index (χ1v) is 7.18. The van der Waals surface area contributed by atoms with Crippen molar-refractivity contribution in [3.05, 3.63) is 10.6 Å². The van der Waals surface area contributed by atoms with E-state index < -0.39 is 0 Å². The summed E-state index contributed by atoms with van der Waals surface area (Å²) in [4.78, 5) is 10.8. The van der Waals surface area contributed by atoms with E-state index in [0.29, 0.717) is 6.54 Å². The fraction of sp³-hybridized carbons (Fsp3) is 0.750. The fourth-order valence-electron chi connectivity index (χ4n) is 2.09. The molecule has 2 rings (SSSR count). The Morgan fingerprint density at radius 1 is 1.29 bits per heavy atom. The lowest BCUT2D eigenvalue weighted by Gasteiger charge is -2.32. The van der Waals surface area contributed by atoms with Crippen LogP contribution in [0.4, 0.5) is 5.13 Å². The monoisotopic (exact) mass is 254 g/mol. The Kier molecular flexibility index (Phi) is 4.36. The number of rotatable bonds is 4. The van der Waals surface area contributed by atoms with Gasteiger partial charge >= 0.3 is 0 Å². The van der Waals surface area contributed by atoms with Gasteiger partial charge in [-0.2, -0.15) is 0 Å². The van der Waals surface area contributed by atoms with E-state index in [2.05, 4.69) is 23.8 Å². The zero-order valence-electron chi connectivity index (χ0n) is 10.8. The molecule has 0 unspecified atom stereocenters. The van der Waals surface area contributed by atoms with Gasteiger partial charge in [-0.25, -0.2) is 4.98 Å². The molecule has 1 aliphatic heterocycles. The van der Waals surface area contributed by atoms with Crippen molar-refractivity contribution in [2.24, 2.45) is 5.73 Å². The van der Waals surface area contributed by atoms with Crippen LogP contribution < -0.4 is 10.6 Å². The molecule has 4 nitrogen and oxygen atoms in total. The highest BCUT2D eigenvalue weighted by Gasteiger charge is 2.19. The number of likely N-dealkylation sites (N-methyl/N-ethyl adjacent to an activating group) is 1. The number of nitrogens with two attached hydrogens (primary N) is 1. The van der Waals surface area contributed by atoms with E-state index in [0.717, 1.165) is 39.0 Å². The van der Waals surface area contributed by atoms with Crippen molar-refractivity contribution in [3.8, 4) is 0 Å². The van der Waals surface area contributed by atoms with Gasteiger partial charge in [-0.1, -0.05) is 13.3 Å². The summed E-state index contributed by atoms with van der Waals surface area (Å²) in [5.74, 6) is 0. The predicted octanol–water partition coefficient (Wildman–Crippen LogP) is 1.31. The van der Waals surface area contributed by atoms with Crippen molar-refractivity contribution >= 4 is 16.5 Å². The van der Waals surface area contributed by atoms with Crippen molar-refractivity contribution in [2.75, 3.05) is 38.1 Å². The Labute approximate surface area is 107 Å². The number of hydrogen-bond donors (Lipinski definition) is 1. The van der Waals surface area contributed by atoms with Crippen LogP contribution >= 0.6 is 11.3 Å². The third-order valence-electron chi connectivity index (χ3n) is 3.21. The molecule has 0 atom stereocenters. The standard InChI is InChI=1S/C12H22N4S/c1-3-4-10-11(9-13)17-12(14-10)16-7-5-15(2)6-8-16/h3-9,13H2,1-2H3. The molecule has 17 heavy (non-hydrogen) atoms. The Bertz CT molecular complexity index is 355. The zero-order chi connectivity index (χ0) is 12.3. The highest BCUT2D eigenvalue weighted by molar-refractivity contribution is 7.15. The van der Waals surface area contributed by atoms with Crippen molar-refractivity contribution in [1.82, 2.24) is 9.88 Å². The average Bonchev–Trinajstić information content (AvgIpc) is 2.74. The maximum Gasteiger partial charge on any atom is 0.185 e. The largest absolute Gasteiger partial charge is 0.346 e. The minimum absolute atomic E-state index is 0.626. The molecule has 1 aliphatic rings. The zero-order valence-corrected chi connectivity index (χ0v) is 11.6. The van der Waals surface area contributed by atoms with Gasteiger partial charge in [-0.15, -0.1) is 11.3 Å². The molecule has 0 aromatic carbocycles. The summed E-state index contributed by atoms with van der Waals surface area (Å²) >= 11 is 1.78. The number of anilines is 1. The Morgan fingerprint density at radius 2 is 2.00 bits per heavy atom. The van der Waals surface area contributed by atoms with Gasteiger partial charge < -0.3 is 15.5 Å². The molecule has 0 aliphatic carbocycles. The Balaban J connectivity index is 2.10. The lowest BCUT2D eigenvalue weighted by Crippen LogP contribution is -2.44. The molecule has 1 aromatic rings. The van der Waals surface area contributed by atoms with Crippen molar-refractivity contribution in [3.63, 3.8) is 0 Å². The molecule has 0 amide bonds. The minimum Gasteiger partial charge on any atom is -0.346 e. The molecule has 2 N–H and O–H groups in total. The molecule has 0 saturated carbocycles. The van der Waals surface area contributed by atoms with Gasteiger partial charge in [0.2, 0.25) is 0 Å². The highest BCUT2D eigenvalue weighted by Crippen LogP contribution is 2.27. The lowest BCUT2D eigenvalue weighted by atomic mass is 10.2. The van der Waals surface area contributed by atoms with E-state index in [-0.39, 0.29) is 0 Å². The second kappa shape index (κ2) is 5.80. The van der Waals surface area contributed by atoms with Crippen LogP contribution in [0.1, 0.15) is 23.9 Å². The first-order valence-electron chi connectivity index (χ1n) is 6.36. The van der Waals surface area contributed by atoms with Crippen LogP contribution in [0.5, 0.6) is 0 Å². The van der Waals surface area contributed by atoms with E-state index in [4.69, 9.17) is 10.7 Å². The van der Waals surface area contributed by atoms with Crippen LogP contribution in [0.25, 0.3) is 0 Å². The molecule has 1 aromatic heterocycles. The maximum atomic E-state index is 5.79. The van der Waals surface area contributed by atoms with E-state index in [1.54, 1.807) is 11.3 Å². The SMILES string of the molecule is CCCc1nc(N2CCN(C)CC2)sc1CN. The summed E-state index contributed by atoms with van der Waals surface area (Å²) in [5.41, 5.74) is 7.01. The Hall–Kier alpha value is -0.650. The van der Waals surface area contributed by atoms with Gasteiger partial charge in [0.15, 0.2) is 5.13 Å². The molecule has 1 fully saturated rings. The molecule has 5 heteroatoms. The number of nitrogens with zero attached hydrogens (tertiary/aromatic N) is 3. The molecular weight excluding hydrogens is 232 g/mol. The van der Waals surface area contributed by atoms with Crippen LogP contribution in [-0.4, -0.2) is 43.1 Å². The Morgan fingerprint density at radius 3 is 2.59 bits per heavy atom. The van der Waals surface area contributed by atoms with Crippen molar-refractivity contribution in [2.45, 2.75) is 26.3 Å². The van der Waals surface area contributed by atoms with Gasteiger partial charge in [-0.05, 0) is 13.5 Å². The van der Waals surface area contributed by atoms with Gasteiger partial charge in [-0.3, -0.25) is 0 Å². The topological polar surface area (TPSA) is 45.4 Å². The summed E-state index contributed by atoms with van der Waals surface area (Å²) in [6, 6.07) is 0. The molecule has 0 bridgehead atoms. The minimum atomic E-state index is 0.626. The van der Waals surface area contributed by atoms with Crippen molar-refractivity contribution in [1.29, 1.82) is 0 Å². The highest BCUT2D eigenvalue weighted by atomic mass is 32.1. The quantitative estimate of drug-likeness (QED) is 0.880. The first-order chi connectivity index (χ1) is 8.24. The molecule has 0 spiro atoms. The first kappa shape index (κ1) is 12.8. The van der Waals surface area contributed by atoms with Crippen LogP contribution in [0.2, 0.25) is 0 Å². The average molecular weight is 254 g/mol. The molecule has 2 heterocycles. The number of thiazole rings is 1. The summed E-state index contributed by atoms with van der Waals surface area (Å²) in [7, 11) is 2.17. The van der Waals surface area contributed by atoms with E-state index >= 15 is 0 Å². The second-order valence-electron chi connectivity index (χ2n) is 4.61. The van der Waals surface area contributed by atoms with Crippen LogP contribution in [0.3, 0.4) is 0 Å². The summed E-state index contributed by atoms with van der Waals surface area (Å²) < 4.78 is 0. The molecule has 1 saturated heterocycles. The van der Waals surface area contributed by atoms with E-state index in [1.165, 1.54) is 15.7 Å². The molecular formula is C12H22N4S. The maximum absolute atomic E-state index is 5.79. The lowest BCUT2D eigenvalue weighted by molar-refractivity contribution is 0.312. The van der Waals surface area contributed by atoms with E-state index in [1.807, 2.05) is 0 Å². The van der Waals surface area contributed by atoms with Crippen LogP contribution in [-0.2, 0) is 13.0 Å². The van der Waals surface area contributed by atoms with Crippen LogP contribution in [0.15, 0.2) is 0 Å². The van der Waals surface area contributed by atoms with Gasteiger partial charge in [0, 0.05) is 37.6 Å². The number of aromatic nitrogens is 1. The van der Waals surface area contributed by atoms with Gasteiger partial charge in [0.05, 0.1) is 5.69 Å². The normalized spacial score (nSPS) is 17.7. The molecule has 0 radical (unpaired) electrons. The third-order valence-corrected chi connectivity index (χ3v) is 4.39. The predicted molar refractivity (Wildman–Crippen MR) is 73.7 cm³/mol. The number of hydrogen-bond acceptors (Lipinski definition) is 5. The van der Waals surface area contributed by atoms with Gasteiger partial charge in [0.1, 0.15) is 0 Å². The fourth-order valence-corrected chi connectivity index (χ4v) is 3.13. The third kappa shape index (κ3) is 2.97. The number of aryl methyl sites for hydroxylation is 1. The number of piperazine rings is 1. The van der Waals surface area contributed by atoms with Crippen molar-refractivity contribution < 1.29 is 0 Å². The smallest absolute Gasteiger partial charge is 0.185 e. The second-order valence-corrected chi connectivity index (χ2v) is 5.67. The van der Waals surface area contributed by atoms with Crippen LogP contribution in [0, 0.1) is 0 Å². The summed E-state index contributed by atoms with van der Waals surface area (Å²) in [5, 5.41) is 1.17. The van der Waals surface area contributed by atoms with Gasteiger partial charge in [0.25, 0.3) is 0 Å². The summed E-state index contributed by atoms with van der Waals surface area (Å²) in [6.45, 7) is 7.23. The molecule has 96 valence electrons.